The van der Waals surface area contributed by atoms with Gasteiger partial charge >= 0.3 is 0 Å². The number of hydrogen-bond donors (Lipinski definition) is 0. The van der Waals surface area contributed by atoms with E-state index in [0.29, 0.717) is 39.3 Å². The Bertz CT molecular complexity index is 1440. The van der Waals surface area contributed by atoms with E-state index in [-0.39, 0.29) is 23.9 Å². The van der Waals surface area contributed by atoms with Crippen molar-refractivity contribution >= 4 is 65.8 Å². The smallest absolute Gasteiger partial charge is 0.247 e. The Morgan fingerprint density at radius 2 is 1.91 bits per heavy atom. The number of carbonyl (C=O) groups excluding carboxylic acids is 1. The summed E-state index contributed by atoms with van der Waals surface area (Å²) in [5.74, 6) is 0.215. The van der Waals surface area contributed by atoms with E-state index < -0.39 is 16.1 Å². The number of amides is 1. The minimum Gasteiger partial charge on any atom is -0.467 e. The number of fused-ring (bicyclic) bond motifs is 1. The number of anilines is 1. The molecule has 1 atom stereocenters. The number of rotatable bonds is 6. The van der Waals surface area contributed by atoms with Crippen molar-refractivity contribution in [3.63, 3.8) is 0 Å². The van der Waals surface area contributed by atoms with E-state index in [0.717, 1.165) is 4.70 Å². The van der Waals surface area contributed by atoms with Gasteiger partial charge in [0.05, 0.1) is 27.9 Å². The first-order valence-corrected chi connectivity index (χ1v) is 13.5. The number of benzene rings is 2. The maximum absolute atomic E-state index is 13.9. The molecule has 0 bridgehead atoms. The van der Waals surface area contributed by atoms with Crippen LogP contribution in [0.4, 0.5) is 5.13 Å². The number of hydrogen-bond acceptors (Lipinski definition) is 6. The third-order valence-corrected chi connectivity index (χ3v) is 9.09. The van der Waals surface area contributed by atoms with Gasteiger partial charge in [-0.1, -0.05) is 34.5 Å². The van der Waals surface area contributed by atoms with Crippen molar-refractivity contribution in [2.24, 2.45) is 0 Å². The predicted octanol–water partition coefficient (Wildman–Crippen LogP) is 5.58. The first-order valence-electron chi connectivity index (χ1n) is 10.5. The summed E-state index contributed by atoms with van der Waals surface area (Å²) in [6, 6.07) is 13.9. The SMILES string of the molecule is O=C(C1CCCN1S(=O)(=O)c1ccc(Cl)cc1)N(Cc1ccco1)c1nc2ccc(Cl)cc2s1. The molecule has 0 N–H and O–H groups in total. The molecule has 3 heterocycles. The van der Waals surface area contributed by atoms with Gasteiger partial charge in [-0.05, 0) is 67.4 Å². The van der Waals surface area contributed by atoms with Gasteiger partial charge < -0.3 is 4.42 Å². The molecule has 7 nitrogen and oxygen atoms in total. The third kappa shape index (κ3) is 4.46. The molecule has 1 amide bonds. The number of thiazole rings is 1. The standard InChI is InChI=1S/C23H19Cl2N3O4S2/c24-15-5-8-18(9-6-15)34(30,31)28-11-1-4-20(28)22(29)27(14-17-3-2-12-32-17)23-26-19-10-7-16(25)13-21(19)33-23/h2-3,5-10,12-13,20H,1,4,11,14H2. The Balaban J connectivity index is 1.51. The Morgan fingerprint density at radius 1 is 1.15 bits per heavy atom. The van der Waals surface area contributed by atoms with Gasteiger partial charge in [0.2, 0.25) is 15.9 Å². The van der Waals surface area contributed by atoms with Crippen molar-refractivity contribution in [1.82, 2.24) is 9.29 Å². The van der Waals surface area contributed by atoms with Gasteiger partial charge in [-0.2, -0.15) is 4.31 Å². The van der Waals surface area contributed by atoms with Crippen LogP contribution in [0.25, 0.3) is 10.2 Å². The summed E-state index contributed by atoms with van der Waals surface area (Å²) in [5.41, 5.74) is 0.707. The van der Waals surface area contributed by atoms with Crippen LogP contribution in [-0.4, -0.2) is 36.2 Å². The minimum atomic E-state index is -3.89. The topological polar surface area (TPSA) is 83.7 Å². The summed E-state index contributed by atoms with van der Waals surface area (Å²) in [6.45, 7) is 0.385. The van der Waals surface area contributed by atoms with Gasteiger partial charge in [0, 0.05) is 16.6 Å². The van der Waals surface area contributed by atoms with Crippen LogP contribution in [-0.2, 0) is 21.4 Å². The zero-order valence-electron chi connectivity index (χ0n) is 17.7. The van der Waals surface area contributed by atoms with E-state index in [1.165, 1.54) is 51.1 Å². The highest BCUT2D eigenvalue weighted by atomic mass is 35.5. The van der Waals surface area contributed by atoms with Crippen molar-refractivity contribution in [2.45, 2.75) is 30.3 Å². The molecule has 1 aliphatic heterocycles. The first kappa shape index (κ1) is 23.3. The van der Waals surface area contributed by atoms with Gasteiger partial charge in [-0.3, -0.25) is 9.69 Å². The molecule has 11 heteroatoms. The highest BCUT2D eigenvalue weighted by Crippen LogP contribution is 2.34. The molecule has 4 aromatic rings. The maximum atomic E-state index is 13.9. The molecule has 5 rings (SSSR count). The second-order valence-electron chi connectivity index (χ2n) is 7.84. The Morgan fingerprint density at radius 3 is 2.65 bits per heavy atom. The lowest BCUT2D eigenvalue weighted by molar-refractivity contribution is -0.121. The Hall–Kier alpha value is -2.43. The molecule has 1 unspecified atom stereocenters. The number of carbonyl (C=O) groups is 1. The fourth-order valence-corrected chi connectivity index (χ4v) is 7.02. The molecule has 2 aromatic carbocycles. The quantitative estimate of drug-likeness (QED) is 0.321. The van der Waals surface area contributed by atoms with Crippen molar-refractivity contribution in [3.05, 3.63) is 76.7 Å². The van der Waals surface area contributed by atoms with Crippen LogP contribution < -0.4 is 4.90 Å². The van der Waals surface area contributed by atoms with Crippen LogP contribution in [0.3, 0.4) is 0 Å². The molecule has 34 heavy (non-hydrogen) atoms. The van der Waals surface area contributed by atoms with Gasteiger partial charge in [0.1, 0.15) is 11.8 Å². The molecule has 176 valence electrons. The number of halogens is 2. The average Bonchev–Trinajstić information content (AvgIpc) is 3.57. The monoisotopic (exact) mass is 535 g/mol. The molecule has 1 fully saturated rings. The largest absolute Gasteiger partial charge is 0.467 e. The normalized spacial score (nSPS) is 16.8. The average molecular weight is 536 g/mol. The summed E-state index contributed by atoms with van der Waals surface area (Å²) >= 11 is 13.4. The summed E-state index contributed by atoms with van der Waals surface area (Å²) in [6.07, 6.45) is 2.52. The molecule has 2 aromatic heterocycles. The van der Waals surface area contributed by atoms with Crippen molar-refractivity contribution in [1.29, 1.82) is 0 Å². The van der Waals surface area contributed by atoms with Crippen LogP contribution in [0.5, 0.6) is 0 Å². The molecular formula is C23H19Cl2N3O4S2. The molecule has 1 saturated heterocycles. The summed E-state index contributed by atoms with van der Waals surface area (Å²) < 4.78 is 34.4. The summed E-state index contributed by atoms with van der Waals surface area (Å²) in [7, 11) is -3.89. The van der Waals surface area contributed by atoms with E-state index in [1.807, 2.05) is 0 Å². The fraction of sp³-hybridized carbons (Fsp3) is 0.217. The second-order valence-corrected chi connectivity index (χ2v) is 11.6. The van der Waals surface area contributed by atoms with E-state index in [4.69, 9.17) is 27.6 Å². The Kier molecular flexibility index (Phi) is 6.39. The second kappa shape index (κ2) is 9.31. The van der Waals surface area contributed by atoms with Crippen molar-refractivity contribution in [2.75, 3.05) is 11.4 Å². The van der Waals surface area contributed by atoms with E-state index in [2.05, 4.69) is 4.98 Å². The van der Waals surface area contributed by atoms with Gasteiger partial charge in [0.15, 0.2) is 5.13 Å². The highest BCUT2D eigenvalue weighted by Gasteiger charge is 2.42. The van der Waals surface area contributed by atoms with Crippen LogP contribution in [0, 0.1) is 0 Å². The molecule has 0 saturated carbocycles. The molecule has 0 aliphatic carbocycles. The van der Waals surface area contributed by atoms with Crippen LogP contribution in [0.1, 0.15) is 18.6 Å². The summed E-state index contributed by atoms with van der Waals surface area (Å²) in [4.78, 5) is 20.1. The lowest BCUT2D eigenvalue weighted by Gasteiger charge is -2.28. The van der Waals surface area contributed by atoms with Gasteiger partial charge in [-0.15, -0.1) is 0 Å². The van der Waals surface area contributed by atoms with Crippen LogP contribution >= 0.6 is 34.5 Å². The fourth-order valence-electron chi connectivity index (χ4n) is 4.00. The lowest BCUT2D eigenvalue weighted by atomic mass is 10.2. The highest BCUT2D eigenvalue weighted by molar-refractivity contribution is 7.89. The number of sulfonamides is 1. The Labute approximate surface area is 210 Å². The maximum Gasteiger partial charge on any atom is 0.247 e. The van der Waals surface area contributed by atoms with E-state index >= 15 is 0 Å². The zero-order valence-corrected chi connectivity index (χ0v) is 20.9. The zero-order chi connectivity index (χ0) is 23.9. The predicted molar refractivity (Wildman–Crippen MR) is 133 cm³/mol. The molecule has 1 aliphatic rings. The number of nitrogens with zero attached hydrogens (tertiary/aromatic N) is 3. The van der Waals surface area contributed by atoms with Gasteiger partial charge in [0.25, 0.3) is 0 Å². The van der Waals surface area contributed by atoms with Crippen molar-refractivity contribution in [3.8, 4) is 0 Å². The lowest BCUT2D eigenvalue weighted by Crippen LogP contribution is -2.47. The molecule has 0 radical (unpaired) electrons. The van der Waals surface area contributed by atoms with Gasteiger partial charge in [-0.25, -0.2) is 13.4 Å². The minimum absolute atomic E-state index is 0.101. The van der Waals surface area contributed by atoms with Crippen LogP contribution in [0.15, 0.2) is 70.2 Å². The number of aromatic nitrogens is 1. The first-order chi connectivity index (χ1) is 16.3. The van der Waals surface area contributed by atoms with E-state index in [1.54, 1.807) is 30.3 Å². The molecule has 0 spiro atoms. The van der Waals surface area contributed by atoms with Crippen LogP contribution in [0.2, 0.25) is 10.0 Å². The summed E-state index contributed by atoms with van der Waals surface area (Å²) in [5, 5.41) is 1.46. The third-order valence-electron chi connectivity index (χ3n) is 5.64. The van der Waals surface area contributed by atoms with E-state index in [9.17, 15) is 13.2 Å². The van der Waals surface area contributed by atoms with Crippen molar-refractivity contribution < 1.29 is 17.6 Å². The number of furan rings is 1. The molecular weight excluding hydrogens is 517 g/mol.